The maximum Gasteiger partial charge on any atom is 0.129 e. The number of aromatic amines is 1. The molecular formula is C16H15FN2S. The van der Waals surface area contributed by atoms with Gasteiger partial charge in [-0.1, -0.05) is 36.0 Å². The van der Waals surface area contributed by atoms with E-state index in [1.807, 2.05) is 30.3 Å². The molecule has 2 nitrogen and oxygen atoms in total. The van der Waals surface area contributed by atoms with Crippen molar-refractivity contribution in [3.63, 3.8) is 0 Å². The summed E-state index contributed by atoms with van der Waals surface area (Å²) in [4.78, 5) is 4.18. The number of hydrogen-bond donors (Lipinski definition) is 2. The van der Waals surface area contributed by atoms with Crippen LogP contribution in [-0.2, 0) is 0 Å². The van der Waals surface area contributed by atoms with E-state index in [1.165, 1.54) is 17.8 Å². The second-order valence-corrected chi connectivity index (χ2v) is 5.85. The highest BCUT2D eigenvalue weighted by Gasteiger charge is 2.14. The maximum atomic E-state index is 13.9. The molecule has 0 fully saturated rings. The Morgan fingerprint density at radius 2 is 1.95 bits per heavy atom. The number of benzene rings is 2. The van der Waals surface area contributed by atoms with E-state index < -0.39 is 0 Å². The molecule has 3 rings (SSSR count). The summed E-state index contributed by atoms with van der Waals surface area (Å²) in [6.45, 7) is 1.80. The molecule has 3 aromatic rings. The van der Waals surface area contributed by atoms with E-state index in [-0.39, 0.29) is 11.9 Å². The van der Waals surface area contributed by atoms with Crippen LogP contribution in [0.2, 0.25) is 0 Å². The van der Waals surface area contributed by atoms with Gasteiger partial charge in [0, 0.05) is 27.4 Å². The van der Waals surface area contributed by atoms with Gasteiger partial charge in [0.25, 0.3) is 0 Å². The smallest absolute Gasteiger partial charge is 0.129 e. The Morgan fingerprint density at radius 1 is 1.15 bits per heavy atom. The largest absolute Gasteiger partial charge is 0.349 e. The summed E-state index contributed by atoms with van der Waals surface area (Å²) in [5, 5.41) is 2.13. The third kappa shape index (κ3) is 2.44. The van der Waals surface area contributed by atoms with Crippen molar-refractivity contribution in [1.82, 2.24) is 4.98 Å². The van der Waals surface area contributed by atoms with Gasteiger partial charge in [-0.15, -0.1) is 0 Å². The van der Waals surface area contributed by atoms with Gasteiger partial charge in [-0.2, -0.15) is 0 Å². The molecule has 0 aliphatic carbocycles. The van der Waals surface area contributed by atoms with Gasteiger partial charge in [0.15, 0.2) is 0 Å². The summed E-state index contributed by atoms with van der Waals surface area (Å²) in [7, 11) is 0. The molecule has 0 aliphatic heterocycles. The average Bonchev–Trinajstić information content (AvgIpc) is 2.80. The number of hydrogen-bond acceptors (Lipinski definition) is 2. The van der Waals surface area contributed by atoms with Crippen molar-refractivity contribution in [2.45, 2.75) is 22.9 Å². The first-order valence-electron chi connectivity index (χ1n) is 6.45. The number of nitrogens with two attached hydrogens (primary N) is 1. The molecular weight excluding hydrogens is 271 g/mol. The zero-order valence-electron chi connectivity index (χ0n) is 11.1. The van der Waals surface area contributed by atoms with Crippen molar-refractivity contribution in [3.8, 4) is 0 Å². The van der Waals surface area contributed by atoms with Gasteiger partial charge in [0.05, 0.1) is 5.03 Å². The van der Waals surface area contributed by atoms with Crippen LogP contribution < -0.4 is 5.73 Å². The molecule has 1 heterocycles. The number of H-pyrrole nitrogens is 1. The highest BCUT2D eigenvalue weighted by Crippen LogP contribution is 2.35. The zero-order valence-corrected chi connectivity index (χ0v) is 11.9. The van der Waals surface area contributed by atoms with Crippen LogP contribution in [0.15, 0.2) is 58.5 Å². The summed E-state index contributed by atoms with van der Waals surface area (Å²) < 4.78 is 13.9. The second kappa shape index (κ2) is 5.31. The van der Waals surface area contributed by atoms with E-state index in [4.69, 9.17) is 5.73 Å². The molecule has 0 bridgehead atoms. The zero-order chi connectivity index (χ0) is 14.1. The highest BCUT2D eigenvalue weighted by atomic mass is 32.2. The van der Waals surface area contributed by atoms with Gasteiger partial charge < -0.3 is 10.7 Å². The SMILES string of the molecule is C[C@H](N)c1c(F)cccc1Sc1cc2ccccc2[nH]1. The molecule has 1 atom stereocenters. The normalized spacial score (nSPS) is 12.8. The van der Waals surface area contributed by atoms with Crippen LogP contribution in [0.5, 0.6) is 0 Å². The first kappa shape index (κ1) is 13.2. The topological polar surface area (TPSA) is 41.8 Å². The number of nitrogens with one attached hydrogen (secondary N) is 1. The van der Waals surface area contributed by atoms with Crippen LogP contribution in [0.4, 0.5) is 4.39 Å². The van der Waals surface area contributed by atoms with Crippen molar-refractivity contribution in [2.24, 2.45) is 5.73 Å². The fourth-order valence-electron chi connectivity index (χ4n) is 2.27. The van der Waals surface area contributed by atoms with E-state index in [0.29, 0.717) is 5.56 Å². The van der Waals surface area contributed by atoms with Crippen LogP contribution >= 0.6 is 11.8 Å². The number of halogens is 1. The molecule has 0 amide bonds. The van der Waals surface area contributed by atoms with Crippen molar-refractivity contribution >= 4 is 22.7 Å². The van der Waals surface area contributed by atoms with Crippen molar-refractivity contribution in [3.05, 3.63) is 59.9 Å². The van der Waals surface area contributed by atoms with Gasteiger partial charge in [-0.05, 0) is 31.2 Å². The minimum absolute atomic E-state index is 0.249. The van der Waals surface area contributed by atoms with Gasteiger partial charge in [-0.25, -0.2) is 4.39 Å². The summed E-state index contributed by atoms with van der Waals surface area (Å²) in [6.07, 6.45) is 0. The van der Waals surface area contributed by atoms with Gasteiger partial charge in [0.2, 0.25) is 0 Å². The molecule has 0 spiro atoms. The lowest BCUT2D eigenvalue weighted by Crippen LogP contribution is -2.08. The molecule has 3 N–H and O–H groups in total. The predicted molar refractivity (Wildman–Crippen MR) is 81.4 cm³/mol. The average molecular weight is 286 g/mol. The predicted octanol–water partition coefficient (Wildman–Crippen LogP) is 4.48. The summed E-state index contributed by atoms with van der Waals surface area (Å²) in [5.74, 6) is -0.249. The van der Waals surface area contributed by atoms with Gasteiger partial charge >= 0.3 is 0 Å². The lowest BCUT2D eigenvalue weighted by atomic mass is 10.1. The van der Waals surface area contributed by atoms with Crippen LogP contribution in [0, 0.1) is 5.82 Å². The molecule has 0 saturated heterocycles. The van der Waals surface area contributed by atoms with E-state index in [9.17, 15) is 4.39 Å². The molecule has 0 saturated carbocycles. The van der Waals surface area contributed by atoms with Crippen LogP contribution in [-0.4, -0.2) is 4.98 Å². The van der Waals surface area contributed by atoms with Crippen LogP contribution in [0.1, 0.15) is 18.5 Å². The van der Waals surface area contributed by atoms with Crippen molar-refractivity contribution in [1.29, 1.82) is 0 Å². The third-order valence-electron chi connectivity index (χ3n) is 3.19. The Kier molecular flexibility index (Phi) is 3.51. The molecule has 0 aliphatic rings. The minimum atomic E-state index is -0.330. The Hall–Kier alpha value is -1.78. The molecule has 1 aromatic heterocycles. The number of para-hydroxylation sites is 1. The molecule has 2 aromatic carbocycles. The standard InChI is InChI=1S/C16H15FN2S/c1-10(18)16-12(17)6-4-8-14(16)20-15-9-11-5-2-3-7-13(11)19-15/h2-10,19H,18H2,1H3/t10-/m0/s1. The second-order valence-electron chi connectivity index (χ2n) is 4.76. The molecule has 0 unspecified atom stereocenters. The van der Waals surface area contributed by atoms with E-state index in [2.05, 4.69) is 11.1 Å². The number of aromatic nitrogens is 1. The quantitative estimate of drug-likeness (QED) is 0.745. The monoisotopic (exact) mass is 286 g/mol. The fourth-order valence-corrected chi connectivity index (χ4v) is 3.39. The summed E-state index contributed by atoms with van der Waals surface area (Å²) in [5.41, 5.74) is 7.52. The lowest BCUT2D eigenvalue weighted by molar-refractivity contribution is 0.585. The molecule has 20 heavy (non-hydrogen) atoms. The molecule has 0 radical (unpaired) electrons. The summed E-state index contributed by atoms with van der Waals surface area (Å²) >= 11 is 1.51. The van der Waals surface area contributed by atoms with Crippen LogP contribution in [0.3, 0.4) is 0 Å². The Morgan fingerprint density at radius 3 is 2.70 bits per heavy atom. The minimum Gasteiger partial charge on any atom is -0.349 e. The first-order chi connectivity index (χ1) is 9.65. The number of rotatable bonds is 3. The van der Waals surface area contributed by atoms with Gasteiger partial charge in [0.1, 0.15) is 5.82 Å². The van der Waals surface area contributed by atoms with E-state index in [1.54, 1.807) is 13.0 Å². The molecule has 102 valence electrons. The highest BCUT2D eigenvalue weighted by molar-refractivity contribution is 7.99. The summed E-state index contributed by atoms with van der Waals surface area (Å²) in [6, 6.07) is 14.9. The van der Waals surface area contributed by atoms with E-state index >= 15 is 0 Å². The number of fused-ring (bicyclic) bond motifs is 1. The van der Waals surface area contributed by atoms with Gasteiger partial charge in [-0.3, -0.25) is 0 Å². The first-order valence-corrected chi connectivity index (χ1v) is 7.26. The lowest BCUT2D eigenvalue weighted by Gasteiger charge is -2.12. The maximum absolute atomic E-state index is 13.9. The fraction of sp³-hybridized carbons (Fsp3) is 0.125. The van der Waals surface area contributed by atoms with Crippen molar-refractivity contribution in [2.75, 3.05) is 0 Å². The Bertz CT molecular complexity index is 716. The van der Waals surface area contributed by atoms with E-state index in [0.717, 1.165) is 20.8 Å². The van der Waals surface area contributed by atoms with Crippen LogP contribution in [0.25, 0.3) is 10.9 Å². The Balaban J connectivity index is 2.00. The van der Waals surface area contributed by atoms with Crippen molar-refractivity contribution < 1.29 is 4.39 Å². The third-order valence-corrected chi connectivity index (χ3v) is 4.21. The Labute approximate surface area is 121 Å². The molecule has 4 heteroatoms.